The molecule has 148 valence electrons. The Morgan fingerprint density at radius 1 is 1.11 bits per heavy atom. The number of benzene rings is 2. The van der Waals surface area contributed by atoms with E-state index >= 15 is 0 Å². The summed E-state index contributed by atoms with van der Waals surface area (Å²) in [6.07, 6.45) is 0.898. The molecule has 3 aromatic rings. The molecule has 0 amide bonds. The molecule has 0 unspecified atom stereocenters. The van der Waals surface area contributed by atoms with Gasteiger partial charge in [0, 0.05) is 40.3 Å². The summed E-state index contributed by atoms with van der Waals surface area (Å²) in [5.74, 6) is -0.287. The number of fused-ring (bicyclic) bond motifs is 1. The van der Waals surface area contributed by atoms with Gasteiger partial charge in [-0.3, -0.25) is 0 Å². The highest BCUT2D eigenvalue weighted by atomic mass is 35.5. The number of likely N-dealkylation sites (N-methyl/N-ethyl adjacent to an activating group) is 1. The molecule has 0 aliphatic carbocycles. The first-order chi connectivity index (χ1) is 13.5. The third kappa shape index (κ3) is 4.08. The molecule has 0 bridgehead atoms. The molecule has 28 heavy (non-hydrogen) atoms. The summed E-state index contributed by atoms with van der Waals surface area (Å²) in [5, 5.41) is 1.79. The molecule has 0 fully saturated rings. The molecule has 0 spiro atoms. The molecule has 1 aromatic heterocycles. The summed E-state index contributed by atoms with van der Waals surface area (Å²) in [7, 11) is 4.16. The van der Waals surface area contributed by atoms with E-state index in [1.54, 1.807) is 0 Å². The molecule has 0 aliphatic heterocycles. The quantitative estimate of drug-likeness (QED) is 0.509. The number of rotatable bonds is 7. The Morgan fingerprint density at radius 3 is 2.43 bits per heavy atom. The van der Waals surface area contributed by atoms with Gasteiger partial charge in [-0.1, -0.05) is 30.7 Å². The number of nitrogens with zero attached hydrogens (tertiary/aromatic N) is 2. The minimum Gasteiger partial charge on any atom is -0.462 e. The van der Waals surface area contributed by atoms with E-state index in [9.17, 15) is 4.79 Å². The van der Waals surface area contributed by atoms with Gasteiger partial charge < -0.3 is 14.2 Å². The predicted molar refractivity (Wildman–Crippen MR) is 116 cm³/mol. The summed E-state index contributed by atoms with van der Waals surface area (Å²) in [4.78, 5) is 14.5. The van der Waals surface area contributed by atoms with Gasteiger partial charge in [-0.25, -0.2) is 4.79 Å². The molecule has 2 aromatic carbocycles. The van der Waals surface area contributed by atoms with E-state index in [1.165, 1.54) is 11.3 Å². The number of carbonyl (C=O) groups is 1. The lowest BCUT2D eigenvalue weighted by atomic mass is 9.99. The van der Waals surface area contributed by atoms with Crippen LogP contribution < -0.4 is 0 Å². The Balaban J connectivity index is 2.24. The summed E-state index contributed by atoms with van der Waals surface area (Å²) >= 11 is 6.11. The zero-order valence-corrected chi connectivity index (χ0v) is 17.7. The maximum atomic E-state index is 12.3. The Kier molecular flexibility index (Phi) is 6.42. The Hall–Kier alpha value is -2.30. The summed E-state index contributed by atoms with van der Waals surface area (Å²) < 4.78 is 7.58. The third-order valence-corrected chi connectivity index (χ3v) is 5.17. The van der Waals surface area contributed by atoms with Gasteiger partial charge in [0.2, 0.25) is 0 Å². The first kappa shape index (κ1) is 20.4. The molecule has 0 radical (unpaired) electrons. The van der Waals surface area contributed by atoms with Crippen molar-refractivity contribution in [2.75, 3.05) is 27.2 Å². The molecule has 0 aliphatic rings. The first-order valence-electron chi connectivity index (χ1n) is 9.69. The molecule has 0 saturated heterocycles. The van der Waals surface area contributed by atoms with Gasteiger partial charge in [0.1, 0.15) is 0 Å². The minimum absolute atomic E-state index is 0.287. The van der Waals surface area contributed by atoms with Crippen LogP contribution in [-0.4, -0.2) is 42.7 Å². The van der Waals surface area contributed by atoms with Gasteiger partial charge in [-0.2, -0.15) is 0 Å². The fraction of sp³-hybridized carbons (Fsp3) is 0.348. The Bertz CT molecular complexity index is 974. The maximum absolute atomic E-state index is 12.3. The second-order valence-electron chi connectivity index (χ2n) is 7.09. The van der Waals surface area contributed by atoms with E-state index in [1.807, 2.05) is 49.4 Å². The maximum Gasteiger partial charge on any atom is 0.338 e. The standard InChI is InChI=1S/C23H27ClN2O2/c1-5-20-22(16-7-10-18(24)11-8-16)19-15-17(23(27)28-6-2)9-12-21(19)26(20)14-13-25(3)4/h7-12,15H,5-6,13-14H2,1-4H3. The molecule has 4 nitrogen and oxygen atoms in total. The highest BCUT2D eigenvalue weighted by Crippen LogP contribution is 2.36. The molecular formula is C23H27ClN2O2. The average molecular weight is 399 g/mol. The lowest BCUT2D eigenvalue weighted by molar-refractivity contribution is 0.0526. The smallest absolute Gasteiger partial charge is 0.338 e. The van der Waals surface area contributed by atoms with Crippen molar-refractivity contribution in [2.45, 2.75) is 26.8 Å². The Morgan fingerprint density at radius 2 is 1.82 bits per heavy atom. The van der Waals surface area contributed by atoms with E-state index in [-0.39, 0.29) is 5.97 Å². The molecule has 0 atom stereocenters. The van der Waals surface area contributed by atoms with E-state index < -0.39 is 0 Å². The average Bonchev–Trinajstić information content (AvgIpc) is 2.99. The highest BCUT2D eigenvalue weighted by Gasteiger charge is 2.19. The molecule has 0 N–H and O–H groups in total. The number of ether oxygens (including phenoxy) is 1. The zero-order valence-electron chi connectivity index (χ0n) is 17.0. The number of esters is 1. The number of aromatic nitrogens is 1. The Labute approximate surface area is 171 Å². The van der Waals surface area contributed by atoms with E-state index in [2.05, 4.69) is 30.5 Å². The fourth-order valence-electron chi connectivity index (χ4n) is 3.61. The van der Waals surface area contributed by atoms with Gasteiger partial charge >= 0.3 is 5.97 Å². The van der Waals surface area contributed by atoms with E-state index in [4.69, 9.17) is 16.3 Å². The van der Waals surface area contributed by atoms with Crippen LogP contribution in [0.3, 0.4) is 0 Å². The summed E-state index contributed by atoms with van der Waals surface area (Å²) in [5.41, 5.74) is 5.25. The lowest BCUT2D eigenvalue weighted by Gasteiger charge is -2.14. The van der Waals surface area contributed by atoms with Gasteiger partial charge in [-0.05, 0) is 63.3 Å². The normalized spacial score (nSPS) is 11.4. The fourth-order valence-corrected chi connectivity index (χ4v) is 3.74. The van der Waals surface area contributed by atoms with Gasteiger partial charge in [0.05, 0.1) is 12.2 Å². The van der Waals surface area contributed by atoms with E-state index in [0.29, 0.717) is 17.2 Å². The molecule has 3 rings (SSSR count). The lowest BCUT2D eigenvalue weighted by Crippen LogP contribution is -2.19. The molecular weight excluding hydrogens is 372 g/mol. The topological polar surface area (TPSA) is 34.5 Å². The number of hydrogen-bond acceptors (Lipinski definition) is 3. The van der Waals surface area contributed by atoms with Crippen molar-refractivity contribution in [3.05, 3.63) is 58.7 Å². The van der Waals surface area contributed by atoms with Crippen molar-refractivity contribution in [3.63, 3.8) is 0 Å². The molecule has 5 heteroatoms. The van der Waals surface area contributed by atoms with Crippen LogP contribution in [0.1, 0.15) is 29.9 Å². The molecule has 1 heterocycles. The third-order valence-electron chi connectivity index (χ3n) is 4.92. The second-order valence-corrected chi connectivity index (χ2v) is 7.53. The monoisotopic (exact) mass is 398 g/mol. The van der Waals surface area contributed by atoms with Crippen molar-refractivity contribution < 1.29 is 9.53 Å². The van der Waals surface area contributed by atoms with Gasteiger partial charge in [-0.15, -0.1) is 0 Å². The van der Waals surface area contributed by atoms with Crippen LogP contribution in [0.25, 0.3) is 22.0 Å². The van der Waals surface area contributed by atoms with Crippen molar-refractivity contribution in [1.82, 2.24) is 9.47 Å². The second kappa shape index (κ2) is 8.80. The minimum atomic E-state index is -0.287. The predicted octanol–water partition coefficient (Wildman–Crippen LogP) is 5.26. The summed E-state index contributed by atoms with van der Waals surface area (Å²) in [6, 6.07) is 13.8. The van der Waals surface area contributed by atoms with Gasteiger partial charge in [0.25, 0.3) is 0 Å². The van der Waals surface area contributed by atoms with Crippen LogP contribution in [-0.2, 0) is 17.7 Å². The van der Waals surface area contributed by atoms with Crippen molar-refractivity contribution in [3.8, 4) is 11.1 Å². The van der Waals surface area contributed by atoms with Crippen LogP contribution in [0.2, 0.25) is 5.02 Å². The van der Waals surface area contributed by atoms with Crippen molar-refractivity contribution in [2.24, 2.45) is 0 Å². The number of hydrogen-bond donors (Lipinski definition) is 0. The SMILES string of the molecule is CCOC(=O)c1ccc2c(c1)c(-c1ccc(Cl)cc1)c(CC)n2CCN(C)C. The first-order valence-corrected chi connectivity index (χ1v) is 10.1. The summed E-state index contributed by atoms with van der Waals surface area (Å²) in [6.45, 7) is 6.19. The highest BCUT2D eigenvalue weighted by molar-refractivity contribution is 6.30. The number of carbonyl (C=O) groups excluding carboxylic acids is 1. The molecule has 0 saturated carbocycles. The van der Waals surface area contributed by atoms with Crippen LogP contribution in [0, 0.1) is 0 Å². The van der Waals surface area contributed by atoms with Gasteiger partial charge in [0.15, 0.2) is 0 Å². The zero-order chi connectivity index (χ0) is 20.3. The number of halogens is 1. The van der Waals surface area contributed by atoms with Crippen LogP contribution in [0.15, 0.2) is 42.5 Å². The van der Waals surface area contributed by atoms with Crippen LogP contribution >= 0.6 is 11.6 Å². The van der Waals surface area contributed by atoms with Crippen molar-refractivity contribution in [1.29, 1.82) is 0 Å². The van der Waals surface area contributed by atoms with Crippen LogP contribution in [0.5, 0.6) is 0 Å². The van der Waals surface area contributed by atoms with Crippen molar-refractivity contribution >= 4 is 28.5 Å². The van der Waals surface area contributed by atoms with E-state index in [0.717, 1.165) is 36.0 Å². The van der Waals surface area contributed by atoms with Crippen LogP contribution in [0.4, 0.5) is 0 Å². The largest absolute Gasteiger partial charge is 0.462 e.